The molecule has 0 saturated carbocycles. The molecule has 118 valence electrons. The van der Waals surface area contributed by atoms with Gasteiger partial charge in [-0.3, -0.25) is 0 Å². The molecule has 0 amide bonds. The highest BCUT2D eigenvalue weighted by Crippen LogP contribution is 2.31. The zero-order chi connectivity index (χ0) is 16.0. The second-order valence-corrected chi connectivity index (χ2v) is 6.50. The quantitative estimate of drug-likeness (QED) is 0.590. The molecule has 21 heavy (non-hydrogen) atoms. The minimum Gasteiger partial charge on any atom is -0.482 e. The zero-order valence-corrected chi connectivity index (χ0v) is 14.4. The van der Waals surface area contributed by atoms with Crippen LogP contribution in [-0.2, 0) is 14.3 Å². The average Bonchev–Trinajstić information content (AvgIpc) is 2.42. The van der Waals surface area contributed by atoms with Crippen LogP contribution in [0, 0.1) is 0 Å². The van der Waals surface area contributed by atoms with Gasteiger partial charge in [0.25, 0.3) is 0 Å². The van der Waals surface area contributed by atoms with Crippen LogP contribution in [0.15, 0.2) is 23.1 Å². The van der Waals surface area contributed by atoms with Crippen LogP contribution in [0.1, 0.15) is 39.4 Å². The molecule has 0 heterocycles. The number of carbonyl (C=O) groups is 1. The van der Waals surface area contributed by atoms with Crippen molar-refractivity contribution in [1.29, 1.82) is 0 Å². The molecule has 0 aromatic heterocycles. The van der Waals surface area contributed by atoms with Crippen LogP contribution in [0.25, 0.3) is 0 Å². The molecule has 0 saturated heterocycles. The first-order chi connectivity index (χ1) is 9.76. The van der Waals surface area contributed by atoms with Crippen molar-refractivity contribution >= 4 is 17.7 Å². The summed E-state index contributed by atoms with van der Waals surface area (Å²) in [6.07, 6.45) is 1.99. The summed E-state index contributed by atoms with van der Waals surface area (Å²) in [6, 6.07) is 5.73. The minimum absolute atomic E-state index is 0.0301. The molecule has 0 aliphatic rings. The van der Waals surface area contributed by atoms with E-state index in [4.69, 9.17) is 14.2 Å². The fourth-order valence-corrected chi connectivity index (χ4v) is 2.42. The molecule has 0 aliphatic heterocycles. The lowest BCUT2D eigenvalue weighted by molar-refractivity contribution is -0.157. The lowest BCUT2D eigenvalue weighted by Gasteiger charge is -2.20. The summed E-state index contributed by atoms with van der Waals surface area (Å²) in [5.41, 5.74) is 0.547. The lowest BCUT2D eigenvalue weighted by Crippen LogP contribution is -2.27. The van der Waals surface area contributed by atoms with E-state index in [9.17, 15) is 4.79 Å². The number of rotatable bonds is 6. The van der Waals surface area contributed by atoms with Crippen LogP contribution >= 0.6 is 11.8 Å². The molecule has 0 aliphatic carbocycles. The Kier molecular flexibility index (Phi) is 6.55. The minimum atomic E-state index is -0.501. The van der Waals surface area contributed by atoms with Crippen molar-refractivity contribution < 1.29 is 19.0 Å². The molecular formula is C16H24O4S. The Morgan fingerprint density at radius 2 is 2.00 bits per heavy atom. The van der Waals surface area contributed by atoms with Gasteiger partial charge in [0.15, 0.2) is 6.61 Å². The van der Waals surface area contributed by atoms with E-state index in [0.29, 0.717) is 5.75 Å². The highest BCUT2D eigenvalue weighted by Gasteiger charge is 2.17. The van der Waals surface area contributed by atoms with E-state index in [2.05, 4.69) is 0 Å². The number of ether oxygens (including phenoxy) is 3. The predicted molar refractivity (Wildman–Crippen MR) is 85.0 cm³/mol. The fourth-order valence-electron chi connectivity index (χ4n) is 1.76. The highest BCUT2D eigenvalue weighted by atomic mass is 32.2. The number of hydrogen-bond acceptors (Lipinski definition) is 5. The van der Waals surface area contributed by atoms with Gasteiger partial charge in [0.05, 0.1) is 6.10 Å². The van der Waals surface area contributed by atoms with E-state index in [1.165, 1.54) is 0 Å². The Morgan fingerprint density at radius 3 is 2.52 bits per heavy atom. The van der Waals surface area contributed by atoms with E-state index in [0.717, 1.165) is 10.5 Å². The number of methoxy groups -OCH3 is 1. The summed E-state index contributed by atoms with van der Waals surface area (Å²) in [6.45, 7) is 7.37. The van der Waals surface area contributed by atoms with Crippen LogP contribution < -0.4 is 4.74 Å². The maximum atomic E-state index is 11.7. The highest BCUT2D eigenvalue weighted by molar-refractivity contribution is 7.98. The van der Waals surface area contributed by atoms with Crippen molar-refractivity contribution in [3.05, 3.63) is 23.8 Å². The number of thioether (sulfide) groups is 1. The van der Waals surface area contributed by atoms with Crippen molar-refractivity contribution in [2.45, 2.75) is 44.3 Å². The Bertz CT molecular complexity index is 480. The molecule has 0 spiro atoms. The van der Waals surface area contributed by atoms with Gasteiger partial charge >= 0.3 is 5.97 Å². The maximum Gasteiger partial charge on any atom is 0.344 e. The predicted octanol–water partition coefficient (Wildman–Crippen LogP) is 3.84. The molecule has 0 radical (unpaired) electrons. The molecule has 1 atom stereocenters. The van der Waals surface area contributed by atoms with Crippen LogP contribution in [0.2, 0.25) is 0 Å². The molecule has 0 N–H and O–H groups in total. The molecule has 0 bridgehead atoms. The summed E-state index contributed by atoms with van der Waals surface area (Å²) in [5, 5.41) is 0. The summed E-state index contributed by atoms with van der Waals surface area (Å²) in [4.78, 5) is 12.8. The van der Waals surface area contributed by atoms with E-state index < -0.39 is 5.60 Å². The fraction of sp³-hybridized carbons (Fsp3) is 0.562. The molecular weight excluding hydrogens is 288 g/mol. The Balaban J connectivity index is 2.74. The molecule has 4 nitrogen and oxygen atoms in total. The first-order valence-corrected chi connectivity index (χ1v) is 8.04. The zero-order valence-electron chi connectivity index (χ0n) is 13.6. The Hall–Kier alpha value is -1.20. The van der Waals surface area contributed by atoms with Gasteiger partial charge in [-0.05, 0) is 57.7 Å². The topological polar surface area (TPSA) is 44.8 Å². The molecule has 1 aromatic carbocycles. The van der Waals surface area contributed by atoms with E-state index >= 15 is 0 Å². The summed E-state index contributed by atoms with van der Waals surface area (Å²) in [5.74, 6) is 0.260. The van der Waals surface area contributed by atoms with Crippen LogP contribution in [0.4, 0.5) is 0 Å². The van der Waals surface area contributed by atoms with Gasteiger partial charge in [0, 0.05) is 12.0 Å². The Labute approximate surface area is 131 Å². The maximum absolute atomic E-state index is 11.7. The summed E-state index contributed by atoms with van der Waals surface area (Å²) < 4.78 is 16.1. The van der Waals surface area contributed by atoms with Gasteiger partial charge in [0.2, 0.25) is 0 Å². The third kappa shape index (κ3) is 5.98. The first kappa shape index (κ1) is 17.9. The van der Waals surface area contributed by atoms with Crippen LogP contribution in [0.5, 0.6) is 5.75 Å². The molecule has 1 aromatic rings. The van der Waals surface area contributed by atoms with Crippen molar-refractivity contribution in [3.63, 3.8) is 0 Å². The molecule has 1 rings (SSSR count). The SMILES string of the molecule is COC(C)c1cc(OCC(=O)OC(C)(C)C)ccc1SC. The smallest absolute Gasteiger partial charge is 0.344 e. The third-order valence-electron chi connectivity index (χ3n) is 2.77. The van der Waals surface area contributed by atoms with Crippen molar-refractivity contribution in [3.8, 4) is 5.75 Å². The molecule has 5 heteroatoms. The van der Waals surface area contributed by atoms with Gasteiger partial charge < -0.3 is 14.2 Å². The lowest BCUT2D eigenvalue weighted by atomic mass is 10.1. The summed E-state index contributed by atoms with van der Waals surface area (Å²) >= 11 is 1.65. The number of esters is 1. The van der Waals surface area contributed by atoms with Gasteiger partial charge in [-0.1, -0.05) is 0 Å². The van der Waals surface area contributed by atoms with Gasteiger partial charge in [-0.15, -0.1) is 11.8 Å². The largest absolute Gasteiger partial charge is 0.482 e. The average molecular weight is 312 g/mol. The van der Waals surface area contributed by atoms with Crippen molar-refractivity contribution in [1.82, 2.24) is 0 Å². The molecule has 0 fully saturated rings. The number of benzene rings is 1. The monoisotopic (exact) mass is 312 g/mol. The van der Waals surface area contributed by atoms with E-state index in [1.807, 2.05) is 52.1 Å². The van der Waals surface area contributed by atoms with E-state index in [1.54, 1.807) is 18.9 Å². The standard InChI is InChI=1S/C16H24O4S/c1-11(18-5)13-9-12(7-8-14(13)21-6)19-10-15(17)20-16(2,3)4/h7-9,11H,10H2,1-6H3. The second-order valence-electron chi connectivity index (χ2n) is 5.66. The first-order valence-electron chi connectivity index (χ1n) is 6.82. The normalized spacial score (nSPS) is 12.9. The van der Waals surface area contributed by atoms with Gasteiger partial charge in [-0.2, -0.15) is 0 Å². The Morgan fingerprint density at radius 1 is 1.33 bits per heavy atom. The molecule has 1 unspecified atom stereocenters. The number of hydrogen-bond donors (Lipinski definition) is 0. The second kappa shape index (κ2) is 7.71. The van der Waals surface area contributed by atoms with E-state index in [-0.39, 0.29) is 18.7 Å². The van der Waals surface area contributed by atoms with Crippen molar-refractivity contribution in [2.24, 2.45) is 0 Å². The van der Waals surface area contributed by atoms with Crippen molar-refractivity contribution in [2.75, 3.05) is 20.0 Å². The number of carbonyl (C=O) groups excluding carboxylic acids is 1. The van der Waals surface area contributed by atoms with Gasteiger partial charge in [-0.25, -0.2) is 4.79 Å². The van der Waals surface area contributed by atoms with Gasteiger partial charge in [0.1, 0.15) is 11.4 Å². The van der Waals surface area contributed by atoms with Crippen LogP contribution in [-0.4, -0.2) is 31.5 Å². The summed E-state index contributed by atoms with van der Waals surface area (Å²) in [7, 11) is 1.67. The third-order valence-corrected chi connectivity index (χ3v) is 3.58. The van der Waals surface area contributed by atoms with Crippen LogP contribution in [0.3, 0.4) is 0 Å².